The molecule has 21 heavy (non-hydrogen) atoms. The van der Waals surface area contributed by atoms with Gasteiger partial charge in [0.1, 0.15) is 5.75 Å². The van der Waals surface area contributed by atoms with Gasteiger partial charge in [-0.15, -0.1) is 0 Å². The molecule has 0 radical (unpaired) electrons. The highest BCUT2D eigenvalue weighted by atomic mass is 16.3. The van der Waals surface area contributed by atoms with Gasteiger partial charge in [-0.05, 0) is 12.5 Å². The van der Waals surface area contributed by atoms with E-state index in [1.54, 1.807) is 0 Å². The molecule has 104 valence electrons. The van der Waals surface area contributed by atoms with E-state index in [1.165, 1.54) is 10.8 Å². The number of para-hydroxylation sites is 1. The molecule has 0 saturated heterocycles. The molecule has 0 atom stereocenters. The van der Waals surface area contributed by atoms with Crippen LogP contribution >= 0.6 is 0 Å². The summed E-state index contributed by atoms with van der Waals surface area (Å²) in [6.07, 6.45) is 1.90. The second-order valence-corrected chi connectivity index (χ2v) is 5.54. The highest BCUT2D eigenvalue weighted by Crippen LogP contribution is 2.41. The fraction of sp³-hybridized carbons (Fsp3) is 0.158. The van der Waals surface area contributed by atoms with Crippen LogP contribution in [0.5, 0.6) is 5.75 Å². The Morgan fingerprint density at radius 1 is 0.905 bits per heavy atom. The van der Waals surface area contributed by atoms with Crippen LogP contribution in [0.1, 0.15) is 18.9 Å². The van der Waals surface area contributed by atoms with Gasteiger partial charge < -0.3 is 10.1 Å². The summed E-state index contributed by atoms with van der Waals surface area (Å²) in [6, 6.07) is 16.4. The second-order valence-electron chi connectivity index (χ2n) is 5.54. The van der Waals surface area contributed by atoms with Crippen molar-refractivity contribution < 1.29 is 5.11 Å². The van der Waals surface area contributed by atoms with Crippen molar-refractivity contribution in [2.45, 2.75) is 19.8 Å². The zero-order valence-electron chi connectivity index (χ0n) is 12.0. The first kappa shape index (κ1) is 12.3. The van der Waals surface area contributed by atoms with Crippen LogP contribution in [-0.4, -0.2) is 10.1 Å². The minimum Gasteiger partial charge on any atom is -0.507 e. The number of phenolic OH excluding ortho intramolecular Hbond substituents is 1. The van der Waals surface area contributed by atoms with E-state index in [4.69, 9.17) is 0 Å². The standard InChI is InChI=1S/C19H17NO/c1-2-7-15-17-14-10-5-6-11-16(14)20-18(17)12-8-3-4-9-13(12)19(15)21/h3-6,8-11,20-21H,2,7H2,1H3. The molecule has 0 saturated carbocycles. The molecule has 0 aliphatic carbocycles. The van der Waals surface area contributed by atoms with Gasteiger partial charge >= 0.3 is 0 Å². The van der Waals surface area contributed by atoms with Crippen LogP contribution in [0, 0.1) is 0 Å². The van der Waals surface area contributed by atoms with E-state index >= 15 is 0 Å². The van der Waals surface area contributed by atoms with Crippen LogP contribution in [0.3, 0.4) is 0 Å². The maximum absolute atomic E-state index is 10.7. The Morgan fingerprint density at radius 2 is 1.57 bits per heavy atom. The van der Waals surface area contributed by atoms with Crippen molar-refractivity contribution in [2.24, 2.45) is 0 Å². The number of aromatic nitrogens is 1. The molecule has 0 aliphatic rings. The Labute approximate surface area is 123 Å². The molecule has 2 nitrogen and oxygen atoms in total. The molecule has 1 heterocycles. The Kier molecular flexibility index (Phi) is 2.64. The molecule has 0 bridgehead atoms. The maximum atomic E-state index is 10.7. The van der Waals surface area contributed by atoms with Gasteiger partial charge in [0.05, 0.1) is 5.52 Å². The number of phenols is 1. The Bertz CT molecular complexity index is 965. The Hall–Kier alpha value is -2.48. The third kappa shape index (κ3) is 1.65. The lowest BCUT2D eigenvalue weighted by Gasteiger charge is -2.10. The average molecular weight is 275 g/mol. The number of hydrogen-bond acceptors (Lipinski definition) is 1. The number of aromatic amines is 1. The first-order chi connectivity index (χ1) is 10.3. The minimum absolute atomic E-state index is 0.435. The molecule has 0 spiro atoms. The molecule has 2 N–H and O–H groups in total. The van der Waals surface area contributed by atoms with Crippen LogP contribution in [0.15, 0.2) is 48.5 Å². The third-order valence-corrected chi connectivity index (χ3v) is 4.25. The molecule has 0 amide bonds. The predicted octanol–water partition coefficient (Wildman–Crippen LogP) is 5.13. The number of fused-ring (bicyclic) bond motifs is 5. The number of aryl methyl sites for hydroxylation is 1. The van der Waals surface area contributed by atoms with Gasteiger partial charge in [-0.2, -0.15) is 0 Å². The van der Waals surface area contributed by atoms with E-state index in [-0.39, 0.29) is 0 Å². The van der Waals surface area contributed by atoms with Crippen molar-refractivity contribution >= 4 is 32.6 Å². The fourth-order valence-electron chi connectivity index (χ4n) is 3.34. The van der Waals surface area contributed by atoms with Gasteiger partial charge in [0.2, 0.25) is 0 Å². The number of hydrogen-bond donors (Lipinski definition) is 2. The lowest BCUT2D eigenvalue weighted by molar-refractivity contribution is 0.475. The summed E-state index contributed by atoms with van der Waals surface area (Å²) < 4.78 is 0. The summed E-state index contributed by atoms with van der Waals surface area (Å²) in [5, 5.41) is 15.1. The van der Waals surface area contributed by atoms with Crippen molar-refractivity contribution in [1.29, 1.82) is 0 Å². The first-order valence-electron chi connectivity index (χ1n) is 7.44. The zero-order valence-corrected chi connectivity index (χ0v) is 12.0. The Morgan fingerprint density at radius 3 is 2.33 bits per heavy atom. The third-order valence-electron chi connectivity index (χ3n) is 4.25. The summed E-state index contributed by atoms with van der Waals surface area (Å²) >= 11 is 0. The van der Waals surface area contributed by atoms with Gasteiger partial charge in [-0.25, -0.2) is 0 Å². The van der Waals surface area contributed by atoms with Crippen LogP contribution in [-0.2, 0) is 6.42 Å². The molecule has 3 aromatic carbocycles. The summed E-state index contributed by atoms with van der Waals surface area (Å²) in [5.41, 5.74) is 3.32. The van der Waals surface area contributed by atoms with Gasteiger partial charge in [0.25, 0.3) is 0 Å². The smallest absolute Gasteiger partial charge is 0.127 e. The van der Waals surface area contributed by atoms with Crippen LogP contribution in [0.4, 0.5) is 0 Å². The number of aromatic hydroxyl groups is 1. The molecule has 0 aliphatic heterocycles. The lowest BCUT2D eigenvalue weighted by Crippen LogP contribution is -1.89. The van der Waals surface area contributed by atoms with Crippen LogP contribution in [0.2, 0.25) is 0 Å². The highest BCUT2D eigenvalue weighted by Gasteiger charge is 2.16. The number of rotatable bonds is 2. The van der Waals surface area contributed by atoms with E-state index in [0.29, 0.717) is 5.75 Å². The van der Waals surface area contributed by atoms with Crippen LogP contribution in [0.25, 0.3) is 32.6 Å². The normalized spacial score (nSPS) is 11.7. The van der Waals surface area contributed by atoms with Gasteiger partial charge in [0.15, 0.2) is 0 Å². The van der Waals surface area contributed by atoms with Gasteiger partial charge in [-0.3, -0.25) is 0 Å². The van der Waals surface area contributed by atoms with E-state index in [2.05, 4.69) is 36.2 Å². The molecule has 1 aromatic heterocycles. The maximum Gasteiger partial charge on any atom is 0.127 e. The molecule has 0 unspecified atom stereocenters. The number of benzene rings is 3. The lowest BCUT2D eigenvalue weighted by atomic mass is 9.96. The van der Waals surface area contributed by atoms with Crippen molar-refractivity contribution in [3.8, 4) is 5.75 Å². The monoisotopic (exact) mass is 275 g/mol. The molecular weight excluding hydrogens is 258 g/mol. The molecule has 4 aromatic rings. The van der Waals surface area contributed by atoms with E-state index in [1.807, 2.05) is 24.3 Å². The number of H-pyrrole nitrogens is 1. The van der Waals surface area contributed by atoms with E-state index in [0.717, 1.165) is 40.2 Å². The SMILES string of the molecule is CCCc1c(O)c2ccccc2c2[nH]c3ccccc3c12. The van der Waals surface area contributed by atoms with Crippen molar-refractivity contribution in [1.82, 2.24) is 4.98 Å². The average Bonchev–Trinajstić information content (AvgIpc) is 2.91. The first-order valence-corrected chi connectivity index (χ1v) is 7.44. The summed E-state index contributed by atoms with van der Waals surface area (Å²) in [4.78, 5) is 3.54. The minimum atomic E-state index is 0.435. The summed E-state index contributed by atoms with van der Waals surface area (Å²) in [5.74, 6) is 0.435. The number of nitrogens with one attached hydrogen (secondary N) is 1. The fourth-order valence-corrected chi connectivity index (χ4v) is 3.34. The quantitative estimate of drug-likeness (QED) is 0.522. The van der Waals surface area contributed by atoms with Gasteiger partial charge in [-0.1, -0.05) is 55.8 Å². The summed E-state index contributed by atoms with van der Waals surface area (Å²) in [6.45, 7) is 2.15. The van der Waals surface area contributed by atoms with Crippen LogP contribution < -0.4 is 0 Å². The van der Waals surface area contributed by atoms with Crippen molar-refractivity contribution in [3.63, 3.8) is 0 Å². The predicted molar refractivity (Wildman–Crippen MR) is 89.0 cm³/mol. The topological polar surface area (TPSA) is 36.0 Å². The second kappa shape index (κ2) is 4.52. The van der Waals surface area contributed by atoms with Crippen molar-refractivity contribution in [2.75, 3.05) is 0 Å². The molecule has 2 heteroatoms. The highest BCUT2D eigenvalue weighted by molar-refractivity contribution is 6.20. The summed E-state index contributed by atoms with van der Waals surface area (Å²) in [7, 11) is 0. The zero-order chi connectivity index (χ0) is 14.4. The largest absolute Gasteiger partial charge is 0.507 e. The van der Waals surface area contributed by atoms with Crippen molar-refractivity contribution in [3.05, 3.63) is 54.1 Å². The van der Waals surface area contributed by atoms with Gasteiger partial charge in [0, 0.05) is 32.6 Å². The molecular formula is C19H17NO. The molecule has 0 fully saturated rings. The van der Waals surface area contributed by atoms with E-state index < -0.39 is 0 Å². The Balaban J connectivity index is 2.32. The molecule has 4 rings (SSSR count). The van der Waals surface area contributed by atoms with E-state index in [9.17, 15) is 5.11 Å².